The molecular weight excluding hydrogens is 344 g/mol. The first kappa shape index (κ1) is 19.6. The van der Waals surface area contributed by atoms with Crippen LogP contribution in [-0.4, -0.2) is 58.9 Å². The molecule has 0 radical (unpaired) electrons. The Bertz CT molecular complexity index is 785. The first-order valence-corrected chi connectivity index (χ1v) is 9.63. The van der Waals surface area contributed by atoms with Crippen LogP contribution in [0.15, 0.2) is 16.7 Å². The molecule has 148 valence electrons. The number of hydrogen-bond acceptors (Lipinski definition) is 5. The summed E-state index contributed by atoms with van der Waals surface area (Å²) in [6.45, 7) is 13.5. The Labute approximate surface area is 160 Å². The SMILES string of the molecule is Cc1cc(-n2c(C)cc(C(=O)NCCCN3CC(C)OC(C)C3)c2C)no1. The molecule has 1 aliphatic rings. The molecule has 1 amide bonds. The van der Waals surface area contributed by atoms with Crippen LogP contribution >= 0.6 is 0 Å². The second-order valence-corrected chi connectivity index (χ2v) is 7.54. The van der Waals surface area contributed by atoms with Gasteiger partial charge in [0.05, 0.1) is 17.8 Å². The maximum absolute atomic E-state index is 12.6. The fraction of sp³-hybridized carbons (Fsp3) is 0.600. The third-order valence-electron chi connectivity index (χ3n) is 4.95. The van der Waals surface area contributed by atoms with E-state index in [1.165, 1.54) is 0 Å². The molecule has 1 fully saturated rings. The Balaban J connectivity index is 1.54. The molecule has 2 atom stereocenters. The van der Waals surface area contributed by atoms with Crippen molar-refractivity contribution in [2.24, 2.45) is 0 Å². The summed E-state index contributed by atoms with van der Waals surface area (Å²) in [4.78, 5) is 15.0. The zero-order valence-electron chi connectivity index (χ0n) is 16.9. The van der Waals surface area contributed by atoms with Gasteiger partial charge in [-0.1, -0.05) is 5.16 Å². The lowest BCUT2D eigenvalue weighted by Gasteiger charge is -2.35. The van der Waals surface area contributed by atoms with Gasteiger partial charge in [-0.15, -0.1) is 0 Å². The van der Waals surface area contributed by atoms with Gasteiger partial charge in [0.1, 0.15) is 5.76 Å². The van der Waals surface area contributed by atoms with E-state index >= 15 is 0 Å². The number of amides is 1. The molecule has 3 rings (SSSR count). The molecule has 3 heterocycles. The van der Waals surface area contributed by atoms with E-state index in [-0.39, 0.29) is 18.1 Å². The number of nitrogens with zero attached hydrogens (tertiary/aromatic N) is 3. The zero-order valence-corrected chi connectivity index (χ0v) is 16.9. The average molecular weight is 374 g/mol. The largest absolute Gasteiger partial charge is 0.373 e. The minimum absolute atomic E-state index is 0.0433. The Morgan fingerprint density at radius 3 is 2.56 bits per heavy atom. The lowest BCUT2D eigenvalue weighted by atomic mass is 10.2. The number of carbonyl (C=O) groups excluding carboxylic acids is 1. The summed E-state index contributed by atoms with van der Waals surface area (Å²) >= 11 is 0. The maximum Gasteiger partial charge on any atom is 0.253 e. The van der Waals surface area contributed by atoms with Gasteiger partial charge in [-0.3, -0.25) is 14.3 Å². The molecule has 2 aromatic rings. The Morgan fingerprint density at radius 1 is 1.22 bits per heavy atom. The highest BCUT2D eigenvalue weighted by molar-refractivity contribution is 5.95. The van der Waals surface area contributed by atoms with Crippen molar-refractivity contribution in [2.75, 3.05) is 26.2 Å². The van der Waals surface area contributed by atoms with Crippen LogP contribution in [0.4, 0.5) is 0 Å². The minimum Gasteiger partial charge on any atom is -0.373 e. The summed E-state index contributed by atoms with van der Waals surface area (Å²) in [6, 6.07) is 3.77. The normalized spacial score (nSPS) is 20.8. The molecule has 7 heteroatoms. The third kappa shape index (κ3) is 4.59. The van der Waals surface area contributed by atoms with E-state index in [4.69, 9.17) is 9.26 Å². The van der Waals surface area contributed by atoms with Gasteiger partial charge in [-0.25, -0.2) is 0 Å². The molecule has 2 aromatic heterocycles. The van der Waals surface area contributed by atoms with Gasteiger partial charge in [0.15, 0.2) is 5.82 Å². The zero-order chi connectivity index (χ0) is 19.6. The number of ether oxygens (including phenoxy) is 1. The Morgan fingerprint density at radius 2 is 1.93 bits per heavy atom. The van der Waals surface area contributed by atoms with Gasteiger partial charge in [0.25, 0.3) is 5.91 Å². The minimum atomic E-state index is -0.0433. The van der Waals surface area contributed by atoms with Crippen LogP contribution in [0.2, 0.25) is 0 Å². The van der Waals surface area contributed by atoms with Crippen molar-refractivity contribution >= 4 is 5.91 Å². The molecular formula is C20H30N4O3. The van der Waals surface area contributed by atoms with Crippen LogP contribution in [0.25, 0.3) is 5.82 Å². The van der Waals surface area contributed by atoms with E-state index in [1.54, 1.807) is 0 Å². The summed E-state index contributed by atoms with van der Waals surface area (Å²) in [7, 11) is 0. The predicted octanol–water partition coefficient (Wildman–Crippen LogP) is 2.62. The summed E-state index contributed by atoms with van der Waals surface area (Å²) in [5.74, 6) is 1.41. The lowest BCUT2D eigenvalue weighted by Crippen LogP contribution is -2.46. The Hall–Kier alpha value is -2.12. The number of morpholine rings is 1. The van der Waals surface area contributed by atoms with Crippen molar-refractivity contribution in [3.8, 4) is 5.82 Å². The molecule has 0 aliphatic carbocycles. The highest BCUT2D eigenvalue weighted by Crippen LogP contribution is 2.20. The topological polar surface area (TPSA) is 72.5 Å². The van der Waals surface area contributed by atoms with E-state index in [9.17, 15) is 4.79 Å². The predicted molar refractivity (Wildman–Crippen MR) is 103 cm³/mol. The van der Waals surface area contributed by atoms with Crippen LogP contribution in [0.1, 0.15) is 47.8 Å². The van der Waals surface area contributed by atoms with Gasteiger partial charge >= 0.3 is 0 Å². The van der Waals surface area contributed by atoms with Crippen LogP contribution in [0.3, 0.4) is 0 Å². The van der Waals surface area contributed by atoms with Crippen molar-refractivity contribution in [3.05, 3.63) is 34.8 Å². The monoisotopic (exact) mass is 374 g/mol. The van der Waals surface area contributed by atoms with Gasteiger partial charge in [-0.05, 0) is 47.1 Å². The summed E-state index contributed by atoms with van der Waals surface area (Å²) < 4.78 is 12.9. The fourth-order valence-electron chi connectivity index (χ4n) is 3.87. The van der Waals surface area contributed by atoms with Crippen molar-refractivity contribution < 1.29 is 14.1 Å². The van der Waals surface area contributed by atoms with Crippen LogP contribution < -0.4 is 5.32 Å². The molecule has 7 nitrogen and oxygen atoms in total. The second kappa shape index (κ2) is 8.27. The first-order valence-electron chi connectivity index (χ1n) is 9.63. The van der Waals surface area contributed by atoms with Gasteiger partial charge < -0.3 is 14.6 Å². The molecule has 0 bridgehead atoms. The van der Waals surface area contributed by atoms with Crippen LogP contribution in [0, 0.1) is 20.8 Å². The first-order chi connectivity index (χ1) is 12.8. The molecule has 1 N–H and O–H groups in total. The molecule has 1 aliphatic heterocycles. The van der Waals surface area contributed by atoms with Gasteiger partial charge in [0, 0.05) is 43.6 Å². The van der Waals surface area contributed by atoms with Crippen molar-refractivity contribution in [1.82, 2.24) is 19.9 Å². The Kier molecular flexibility index (Phi) is 6.01. The summed E-state index contributed by atoms with van der Waals surface area (Å²) in [6.07, 6.45) is 1.47. The van der Waals surface area contributed by atoms with Crippen molar-refractivity contribution in [2.45, 2.75) is 53.2 Å². The van der Waals surface area contributed by atoms with E-state index in [1.807, 2.05) is 37.5 Å². The van der Waals surface area contributed by atoms with Gasteiger partial charge in [-0.2, -0.15) is 0 Å². The molecule has 1 saturated heterocycles. The molecule has 0 spiro atoms. The molecule has 0 aromatic carbocycles. The van der Waals surface area contributed by atoms with Crippen LogP contribution in [-0.2, 0) is 4.74 Å². The number of rotatable bonds is 6. The highest BCUT2D eigenvalue weighted by Gasteiger charge is 2.22. The average Bonchev–Trinajstić information content (AvgIpc) is 3.13. The third-order valence-corrected chi connectivity index (χ3v) is 4.95. The molecule has 0 saturated carbocycles. The number of hydrogen-bond donors (Lipinski definition) is 1. The van der Waals surface area contributed by atoms with Crippen molar-refractivity contribution in [1.29, 1.82) is 0 Å². The second-order valence-electron chi connectivity index (χ2n) is 7.54. The van der Waals surface area contributed by atoms with E-state index in [0.29, 0.717) is 17.9 Å². The van der Waals surface area contributed by atoms with Crippen molar-refractivity contribution in [3.63, 3.8) is 0 Å². The van der Waals surface area contributed by atoms with Crippen LogP contribution in [0.5, 0.6) is 0 Å². The number of carbonyl (C=O) groups is 1. The fourth-order valence-corrected chi connectivity index (χ4v) is 3.87. The highest BCUT2D eigenvalue weighted by atomic mass is 16.5. The number of aryl methyl sites for hydroxylation is 2. The standard InChI is InChI=1S/C20H30N4O3/c1-13-9-18(17(5)24(13)19-10-14(2)27-22-19)20(25)21-7-6-8-23-11-15(3)26-16(4)12-23/h9-10,15-16H,6-8,11-12H2,1-5H3,(H,21,25). The summed E-state index contributed by atoms with van der Waals surface area (Å²) in [5.41, 5.74) is 2.51. The van der Waals surface area contributed by atoms with Gasteiger partial charge in [0.2, 0.25) is 0 Å². The van der Waals surface area contributed by atoms with E-state index in [0.717, 1.165) is 43.2 Å². The quantitative estimate of drug-likeness (QED) is 0.787. The number of aromatic nitrogens is 2. The maximum atomic E-state index is 12.6. The van der Waals surface area contributed by atoms with E-state index < -0.39 is 0 Å². The molecule has 2 unspecified atom stereocenters. The number of nitrogens with one attached hydrogen (secondary N) is 1. The smallest absolute Gasteiger partial charge is 0.253 e. The van der Waals surface area contributed by atoms with E-state index in [2.05, 4.69) is 29.2 Å². The summed E-state index contributed by atoms with van der Waals surface area (Å²) in [5, 5.41) is 7.11. The molecule has 27 heavy (non-hydrogen) atoms. The lowest BCUT2D eigenvalue weighted by molar-refractivity contribution is -0.0679.